The molecular weight excluding hydrogens is 369 g/mol. The van der Waals surface area contributed by atoms with Crippen LogP contribution in [0.5, 0.6) is 5.75 Å². The van der Waals surface area contributed by atoms with E-state index in [9.17, 15) is 10.2 Å². The van der Waals surface area contributed by atoms with E-state index in [0.717, 1.165) is 0 Å². The van der Waals surface area contributed by atoms with Gasteiger partial charge in [0, 0.05) is 17.0 Å². The molecule has 0 radical (unpaired) electrons. The van der Waals surface area contributed by atoms with Crippen molar-refractivity contribution in [3.63, 3.8) is 0 Å². The summed E-state index contributed by atoms with van der Waals surface area (Å²) in [5.41, 5.74) is -0.0714. The summed E-state index contributed by atoms with van der Waals surface area (Å²) in [7, 11) is 1.57. The van der Waals surface area contributed by atoms with Crippen LogP contribution in [0.15, 0.2) is 36.4 Å². The molecule has 3 N–H and O–H groups in total. The second-order valence-corrected chi connectivity index (χ2v) is 6.81. The number of ether oxygens (including phenoxy) is 1. The third-order valence-corrected chi connectivity index (χ3v) is 5.19. The summed E-state index contributed by atoms with van der Waals surface area (Å²) < 4.78 is 5.10. The molecule has 0 aromatic heterocycles. The van der Waals surface area contributed by atoms with E-state index in [4.69, 9.17) is 40.2 Å². The predicted molar refractivity (Wildman–Crippen MR) is 99.2 cm³/mol. The molecule has 2 aromatic carbocycles. The van der Waals surface area contributed by atoms with Gasteiger partial charge in [0.15, 0.2) is 0 Å². The maximum Gasteiger partial charge on any atom is 0.146 e. The van der Waals surface area contributed by atoms with Crippen molar-refractivity contribution >= 4 is 46.1 Å². The Morgan fingerprint density at radius 1 is 1.17 bits per heavy atom. The minimum atomic E-state index is -1.59. The normalized spacial score (nSPS) is 20.5. The lowest BCUT2D eigenvalue weighted by Crippen LogP contribution is -2.34. The third-order valence-electron chi connectivity index (χ3n) is 4.12. The van der Waals surface area contributed by atoms with E-state index in [0.29, 0.717) is 32.6 Å². The minimum absolute atomic E-state index is 0.0434. The van der Waals surface area contributed by atoms with Gasteiger partial charge in [-0.3, -0.25) is 0 Å². The number of halogens is 2. The van der Waals surface area contributed by atoms with Gasteiger partial charge in [0.1, 0.15) is 16.3 Å². The molecule has 1 aliphatic rings. The highest BCUT2D eigenvalue weighted by atomic mass is 35.5. The zero-order valence-corrected chi connectivity index (χ0v) is 15.0. The number of methoxy groups -OCH3 is 1. The lowest BCUT2D eigenvalue weighted by molar-refractivity contribution is 0.0428. The fourth-order valence-corrected chi connectivity index (χ4v) is 3.63. The number of benzene rings is 2. The topological polar surface area (TPSA) is 61.7 Å². The van der Waals surface area contributed by atoms with E-state index < -0.39 is 11.7 Å². The summed E-state index contributed by atoms with van der Waals surface area (Å²) in [5.74, 6) is 0.683. The molecule has 2 atom stereocenters. The van der Waals surface area contributed by atoms with Gasteiger partial charge < -0.3 is 20.3 Å². The number of aliphatic hydroxyl groups excluding tert-OH is 1. The molecule has 0 saturated carbocycles. The van der Waals surface area contributed by atoms with E-state index >= 15 is 0 Å². The van der Waals surface area contributed by atoms with Gasteiger partial charge in [0.2, 0.25) is 0 Å². The average Bonchev–Trinajstić information content (AvgIpc) is 2.83. The Labute approximate surface area is 155 Å². The van der Waals surface area contributed by atoms with Crippen LogP contribution < -0.4 is 10.1 Å². The van der Waals surface area contributed by atoms with E-state index in [1.807, 2.05) is 0 Å². The molecule has 0 aliphatic carbocycles. The van der Waals surface area contributed by atoms with Gasteiger partial charge in [-0.1, -0.05) is 47.6 Å². The molecule has 7 heteroatoms. The van der Waals surface area contributed by atoms with Gasteiger partial charge >= 0.3 is 0 Å². The highest BCUT2D eigenvalue weighted by molar-refractivity contribution is 7.80. The lowest BCUT2D eigenvalue weighted by atomic mass is 9.87. The summed E-state index contributed by atoms with van der Waals surface area (Å²) in [6.45, 7) is 0. The van der Waals surface area contributed by atoms with Gasteiger partial charge in [-0.05, 0) is 29.8 Å². The monoisotopic (exact) mass is 383 g/mol. The van der Waals surface area contributed by atoms with Crippen molar-refractivity contribution in [1.82, 2.24) is 0 Å². The summed E-state index contributed by atoms with van der Waals surface area (Å²) in [6, 6.07) is 10.2. The SMILES string of the molecule is COc1ccc(C(O)CC2(O)C(=S)Nc3c(Cl)ccc(Cl)c32)cc1. The summed E-state index contributed by atoms with van der Waals surface area (Å²) in [5, 5.41) is 25.3. The first-order chi connectivity index (χ1) is 11.4. The number of thiocarbonyl (C=S) groups is 1. The van der Waals surface area contributed by atoms with Gasteiger partial charge in [-0.2, -0.15) is 0 Å². The first-order valence-electron chi connectivity index (χ1n) is 7.21. The molecule has 0 amide bonds. The zero-order valence-electron chi connectivity index (χ0n) is 12.7. The molecule has 2 aromatic rings. The maximum absolute atomic E-state index is 11.1. The average molecular weight is 384 g/mol. The Hall–Kier alpha value is -1.37. The first kappa shape index (κ1) is 17.5. The van der Waals surface area contributed by atoms with Crippen LogP contribution in [0, 0.1) is 0 Å². The van der Waals surface area contributed by atoms with E-state index in [-0.39, 0.29) is 11.4 Å². The number of nitrogens with one attached hydrogen (secondary N) is 1. The van der Waals surface area contributed by atoms with Crippen LogP contribution in [-0.2, 0) is 5.60 Å². The molecule has 3 rings (SSSR count). The number of fused-ring (bicyclic) bond motifs is 1. The molecule has 1 heterocycles. The van der Waals surface area contributed by atoms with Gasteiger partial charge in [-0.15, -0.1) is 0 Å². The molecule has 24 heavy (non-hydrogen) atoms. The second-order valence-electron chi connectivity index (χ2n) is 5.59. The minimum Gasteiger partial charge on any atom is -0.497 e. The Morgan fingerprint density at radius 2 is 1.79 bits per heavy atom. The van der Waals surface area contributed by atoms with Gasteiger partial charge in [-0.25, -0.2) is 0 Å². The molecule has 2 unspecified atom stereocenters. The Balaban J connectivity index is 1.94. The van der Waals surface area contributed by atoms with Crippen LogP contribution in [0.25, 0.3) is 0 Å². The van der Waals surface area contributed by atoms with Crippen LogP contribution >= 0.6 is 35.4 Å². The van der Waals surface area contributed by atoms with Crippen molar-refractivity contribution in [2.75, 3.05) is 12.4 Å². The molecule has 4 nitrogen and oxygen atoms in total. The Kier molecular flexibility index (Phi) is 4.73. The summed E-state index contributed by atoms with van der Waals surface area (Å²) in [4.78, 5) is 0.167. The predicted octanol–water partition coefficient (Wildman–Crippen LogP) is 4.07. The third kappa shape index (κ3) is 2.87. The quantitative estimate of drug-likeness (QED) is 0.694. The lowest BCUT2D eigenvalue weighted by Gasteiger charge is -2.27. The van der Waals surface area contributed by atoms with Gasteiger partial charge in [0.05, 0.1) is 23.9 Å². The molecule has 0 bridgehead atoms. The number of hydrogen-bond donors (Lipinski definition) is 3. The molecule has 0 saturated heterocycles. The fourth-order valence-electron chi connectivity index (χ4n) is 2.83. The molecule has 0 fully saturated rings. The van der Waals surface area contributed by atoms with Crippen molar-refractivity contribution in [3.05, 3.63) is 57.6 Å². The molecular formula is C17H15Cl2NO3S. The smallest absolute Gasteiger partial charge is 0.146 e. The highest BCUT2D eigenvalue weighted by Gasteiger charge is 2.46. The number of anilines is 1. The van der Waals surface area contributed by atoms with E-state index in [1.54, 1.807) is 43.5 Å². The molecule has 0 spiro atoms. The van der Waals surface area contributed by atoms with Crippen LogP contribution in [0.1, 0.15) is 23.7 Å². The number of hydrogen-bond acceptors (Lipinski definition) is 4. The fraction of sp³-hybridized carbons (Fsp3) is 0.235. The highest BCUT2D eigenvalue weighted by Crippen LogP contribution is 2.48. The summed E-state index contributed by atoms with van der Waals surface area (Å²) in [6.07, 6.45) is -0.986. The van der Waals surface area contributed by atoms with Crippen molar-refractivity contribution < 1.29 is 14.9 Å². The summed E-state index contributed by atoms with van der Waals surface area (Å²) >= 11 is 17.7. The standard InChI is InChI=1S/C17H15Cl2NO3S/c1-23-10-4-2-9(3-5-10)13(21)8-17(22)14-11(18)6-7-12(19)15(14)20-16(17)24/h2-7,13,21-22H,8H2,1H3,(H,20,24). The van der Waals surface area contributed by atoms with Crippen LogP contribution in [-0.4, -0.2) is 22.3 Å². The van der Waals surface area contributed by atoms with Crippen LogP contribution in [0.4, 0.5) is 5.69 Å². The van der Waals surface area contributed by atoms with Crippen molar-refractivity contribution in [1.29, 1.82) is 0 Å². The Bertz CT molecular complexity index is 797. The van der Waals surface area contributed by atoms with Crippen LogP contribution in [0.2, 0.25) is 10.0 Å². The number of aliphatic hydroxyl groups is 2. The van der Waals surface area contributed by atoms with Gasteiger partial charge in [0.25, 0.3) is 0 Å². The van der Waals surface area contributed by atoms with E-state index in [2.05, 4.69) is 5.32 Å². The largest absolute Gasteiger partial charge is 0.497 e. The van der Waals surface area contributed by atoms with E-state index in [1.165, 1.54) is 0 Å². The zero-order chi connectivity index (χ0) is 17.5. The van der Waals surface area contributed by atoms with Crippen LogP contribution in [0.3, 0.4) is 0 Å². The molecule has 1 aliphatic heterocycles. The number of rotatable bonds is 4. The second kappa shape index (κ2) is 6.50. The van der Waals surface area contributed by atoms with Crippen molar-refractivity contribution in [2.24, 2.45) is 0 Å². The van der Waals surface area contributed by atoms with Crippen molar-refractivity contribution in [2.45, 2.75) is 18.1 Å². The first-order valence-corrected chi connectivity index (χ1v) is 8.37. The molecule has 126 valence electrons. The maximum atomic E-state index is 11.1. The van der Waals surface area contributed by atoms with Crippen molar-refractivity contribution in [3.8, 4) is 5.75 Å². The Morgan fingerprint density at radius 3 is 2.42 bits per heavy atom.